The van der Waals surface area contributed by atoms with Crippen molar-refractivity contribution in [1.82, 2.24) is 14.9 Å². The van der Waals surface area contributed by atoms with Crippen molar-refractivity contribution in [2.45, 2.75) is 66.0 Å². The fourth-order valence-electron chi connectivity index (χ4n) is 2.72. The number of rotatable bonds is 8. The molecule has 0 amide bonds. The molecule has 1 heterocycles. The zero-order chi connectivity index (χ0) is 15.2. The molecule has 0 aliphatic rings. The third-order valence-electron chi connectivity index (χ3n) is 3.87. The molecule has 1 aromatic carbocycles. The van der Waals surface area contributed by atoms with Crippen LogP contribution >= 0.6 is 0 Å². The maximum absolute atomic E-state index is 4.87. The molecule has 1 N–H and O–H groups in total. The Balaban J connectivity index is 2.21. The van der Waals surface area contributed by atoms with E-state index in [0.717, 1.165) is 25.0 Å². The first kappa shape index (κ1) is 16.0. The van der Waals surface area contributed by atoms with Gasteiger partial charge in [0, 0.05) is 25.6 Å². The first-order valence-corrected chi connectivity index (χ1v) is 8.31. The Morgan fingerprint density at radius 1 is 1.24 bits per heavy atom. The van der Waals surface area contributed by atoms with Gasteiger partial charge in [0.15, 0.2) is 0 Å². The van der Waals surface area contributed by atoms with Crippen LogP contribution in [0.15, 0.2) is 18.2 Å². The fraction of sp³-hybridized carbons (Fsp3) is 0.611. The van der Waals surface area contributed by atoms with Gasteiger partial charge < -0.3 is 9.88 Å². The molecular formula is C18H29N3. The number of hydrogen-bond acceptors (Lipinski definition) is 2. The van der Waals surface area contributed by atoms with Crippen molar-refractivity contribution in [3.05, 3.63) is 29.6 Å². The van der Waals surface area contributed by atoms with E-state index < -0.39 is 0 Å². The van der Waals surface area contributed by atoms with Gasteiger partial charge in [-0.05, 0) is 31.0 Å². The van der Waals surface area contributed by atoms with Crippen molar-refractivity contribution >= 4 is 11.0 Å². The van der Waals surface area contributed by atoms with E-state index in [1.165, 1.54) is 36.2 Å². The van der Waals surface area contributed by atoms with Gasteiger partial charge in [-0.25, -0.2) is 4.98 Å². The summed E-state index contributed by atoms with van der Waals surface area (Å²) < 4.78 is 2.42. The maximum Gasteiger partial charge on any atom is 0.111 e. The normalized spacial score (nSPS) is 11.7. The van der Waals surface area contributed by atoms with E-state index in [-0.39, 0.29) is 0 Å². The first-order chi connectivity index (χ1) is 10.1. The number of aromatic nitrogens is 2. The van der Waals surface area contributed by atoms with E-state index in [1.807, 2.05) is 0 Å². The molecule has 3 nitrogen and oxygen atoms in total. The minimum absolute atomic E-state index is 0.533. The highest BCUT2D eigenvalue weighted by atomic mass is 15.1. The second-order valence-electron chi connectivity index (χ2n) is 6.24. The topological polar surface area (TPSA) is 29.9 Å². The summed E-state index contributed by atoms with van der Waals surface area (Å²) in [6.45, 7) is 10.8. The first-order valence-electron chi connectivity index (χ1n) is 8.31. The molecule has 116 valence electrons. The molecule has 1 aromatic heterocycles. The van der Waals surface area contributed by atoms with Crippen molar-refractivity contribution in [3.63, 3.8) is 0 Å². The Morgan fingerprint density at radius 3 is 2.76 bits per heavy atom. The lowest BCUT2D eigenvalue weighted by Crippen LogP contribution is -2.25. The molecule has 3 heteroatoms. The quantitative estimate of drug-likeness (QED) is 0.742. The van der Waals surface area contributed by atoms with Crippen LogP contribution in [0, 0.1) is 6.92 Å². The fourth-order valence-corrected chi connectivity index (χ4v) is 2.72. The van der Waals surface area contributed by atoms with Crippen LogP contribution in [0.2, 0.25) is 0 Å². The van der Waals surface area contributed by atoms with Crippen LogP contribution in [0.25, 0.3) is 11.0 Å². The lowest BCUT2D eigenvalue weighted by molar-refractivity contribution is 0.554. The zero-order valence-corrected chi connectivity index (χ0v) is 13.9. The molecule has 21 heavy (non-hydrogen) atoms. The molecule has 0 spiro atoms. The summed E-state index contributed by atoms with van der Waals surface area (Å²) in [6.07, 6.45) is 4.78. The number of imidazole rings is 1. The highest BCUT2D eigenvalue weighted by molar-refractivity contribution is 5.76. The summed E-state index contributed by atoms with van der Waals surface area (Å²) in [5.74, 6) is 1.22. The predicted octanol–water partition coefficient (Wildman–Crippen LogP) is 4.08. The number of hydrogen-bond donors (Lipinski definition) is 1. The van der Waals surface area contributed by atoms with E-state index in [9.17, 15) is 0 Å². The van der Waals surface area contributed by atoms with Gasteiger partial charge in [-0.3, -0.25) is 0 Å². The Bertz CT molecular complexity index is 569. The molecule has 2 aromatic rings. The minimum Gasteiger partial charge on any atom is -0.328 e. The van der Waals surface area contributed by atoms with Crippen LogP contribution in [0.4, 0.5) is 0 Å². The summed E-state index contributed by atoms with van der Waals surface area (Å²) in [7, 11) is 0. The lowest BCUT2D eigenvalue weighted by Gasteiger charge is -2.11. The van der Waals surface area contributed by atoms with Crippen LogP contribution in [0.1, 0.15) is 51.4 Å². The SMILES string of the molecule is CCCCCn1c(CCNC(C)C)nc2cc(C)ccc21. The average molecular weight is 287 g/mol. The Labute approximate surface area is 128 Å². The molecule has 0 aliphatic carbocycles. The predicted molar refractivity (Wildman–Crippen MR) is 90.8 cm³/mol. The summed E-state index contributed by atoms with van der Waals surface area (Å²) in [4.78, 5) is 4.87. The summed E-state index contributed by atoms with van der Waals surface area (Å²) in [6, 6.07) is 7.15. The van der Waals surface area contributed by atoms with Crippen LogP contribution in [-0.4, -0.2) is 22.1 Å². The van der Waals surface area contributed by atoms with Crippen molar-refractivity contribution in [2.75, 3.05) is 6.54 Å². The molecule has 0 aliphatic heterocycles. The van der Waals surface area contributed by atoms with Gasteiger partial charge in [0.2, 0.25) is 0 Å². The highest BCUT2D eigenvalue weighted by Crippen LogP contribution is 2.19. The molecule has 2 rings (SSSR count). The van der Waals surface area contributed by atoms with E-state index in [2.05, 4.69) is 55.8 Å². The number of unbranched alkanes of at least 4 members (excludes halogenated alkanes) is 2. The summed E-state index contributed by atoms with van der Waals surface area (Å²) in [5.41, 5.74) is 3.72. The van der Waals surface area contributed by atoms with E-state index in [0.29, 0.717) is 6.04 Å². The van der Waals surface area contributed by atoms with Crippen LogP contribution in [-0.2, 0) is 13.0 Å². The van der Waals surface area contributed by atoms with Gasteiger partial charge in [0.25, 0.3) is 0 Å². The van der Waals surface area contributed by atoms with Crippen molar-refractivity contribution in [3.8, 4) is 0 Å². The number of nitrogens with zero attached hydrogens (tertiary/aromatic N) is 2. The van der Waals surface area contributed by atoms with Crippen LogP contribution < -0.4 is 5.32 Å². The third kappa shape index (κ3) is 4.31. The smallest absolute Gasteiger partial charge is 0.111 e. The Hall–Kier alpha value is -1.35. The summed E-state index contributed by atoms with van der Waals surface area (Å²) >= 11 is 0. The molecule has 0 fully saturated rings. The van der Waals surface area contributed by atoms with Crippen LogP contribution in [0.5, 0.6) is 0 Å². The van der Waals surface area contributed by atoms with Crippen LogP contribution in [0.3, 0.4) is 0 Å². The minimum atomic E-state index is 0.533. The second kappa shape index (κ2) is 7.60. The number of nitrogens with one attached hydrogen (secondary N) is 1. The number of fused-ring (bicyclic) bond motifs is 1. The Kier molecular flexibility index (Phi) is 5.80. The zero-order valence-electron chi connectivity index (χ0n) is 13.9. The Morgan fingerprint density at radius 2 is 2.05 bits per heavy atom. The van der Waals surface area contributed by atoms with Gasteiger partial charge in [-0.15, -0.1) is 0 Å². The molecule has 0 saturated carbocycles. The lowest BCUT2D eigenvalue weighted by atomic mass is 10.2. The summed E-state index contributed by atoms with van der Waals surface area (Å²) in [5, 5.41) is 3.49. The van der Waals surface area contributed by atoms with E-state index >= 15 is 0 Å². The average Bonchev–Trinajstić information content (AvgIpc) is 2.76. The number of benzene rings is 1. The third-order valence-corrected chi connectivity index (χ3v) is 3.87. The highest BCUT2D eigenvalue weighted by Gasteiger charge is 2.10. The molecule has 0 unspecified atom stereocenters. The van der Waals surface area contributed by atoms with Gasteiger partial charge >= 0.3 is 0 Å². The standard InChI is InChI=1S/C18H29N3/c1-5-6-7-12-21-17-9-8-15(4)13-16(17)20-18(21)10-11-19-14(2)3/h8-9,13-14,19H,5-7,10-12H2,1-4H3. The molecular weight excluding hydrogens is 258 g/mol. The van der Waals surface area contributed by atoms with Gasteiger partial charge in [0.1, 0.15) is 5.82 Å². The molecule has 0 atom stereocenters. The van der Waals surface area contributed by atoms with E-state index in [4.69, 9.17) is 4.98 Å². The van der Waals surface area contributed by atoms with Crippen molar-refractivity contribution < 1.29 is 0 Å². The molecule has 0 saturated heterocycles. The van der Waals surface area contributed by atoms with Crippen molar-refractivity contribution in [1.29, 1.82) is 0 Å². The second-order valence-corrected chi connectivity index (χ2v) is 6.24. The maximum atomic E-state index is 4.87. The van der Waals surface area contributed by atoms with Gasteiger partial charge in [-0.2, -0.15) is 0 Å². The van der Waals surface area contributed by atoms with Gasteiger partial charge in [-0.1, -0.05) is 39.7 Å². The number of aryl methyl sites for hydroxylation is 2. The largest absolute Gasteiger partial charge is 0.328 e. The monoisotopic (exact) mass is 287 g/mol. The van der Waals surface area contributed by atoms with Gasteiger partial charge in [0.05, 0.1) is 11.0 Å². The van der Waals surface area contributed by atoms with Crippen molar-refractivity contribution in [2.24, 2.45) is 0 Å². The molecule has 0 bridgehead atoms. The van der Waals surface area contributed by atoms with E-state index in [1.54, 1.807) is 0 Å². The molecule has 0 radical (unpaired) electrons.